The third-order valence-corrected chi connectivity index (χ3v) is 7.71. The highest BCUT2D eigenvalue weighted by atomic mass is 32.2. The van der Waals surface area contributed by atoms with Crippen molar-refractivity contribution in [2.75, 3.05) is 28.7 Å². The molecule has 1 aliphatic heterocycles. The zero-order valence-electron chi connectivity index (χ0n) is 11.6. The van der Waals surface area contributed by atoms with Gasteiger partial charge in [-0.3, -0.25) is 4.40 Å². The number of aliphatic hydroxyl groups is 1. The molecule has 1 fully saturated rings. The first-order valence-electron chi connectivity index (χ1n) is 6.69. The fraction of sp³-hybridized carbons (Fsp3) is 0.583. The number of thioether (sulfide) groups is 1. The van der Waals surface area contributed by atoms with Gasteiger partial charge in [0.1, 0.15) is 5.37 Å². The van der Waals surface area contributed by atoms with E-state index >= 15 is 0 Å². The van der Waals surface area contributed by atoms with E-state index in [1.807, 2.05) is 20.9 Å². The van der Waals surface area contributed by atoms with E-state index < -0.39 is 15.2 Å². The second-order valence-electron chi connectivity index (χ2n) is 4.77. The number of imidazole rings is 1. The molecule has 1 unspecified atom stereocenters. The van der Waals surface area contributed by atoms with Crippen molar-refractivity contribution < 1.29 is 13.5 Å². The van der Waals surface area contributed by atoms with Crippen LogP contribution in [0, 0.1) is 0 Å². The minimum absolute atomic E-state index is 0.116. The molecule has 1 N–H and O–H groups in total. The van der Waals surface area contributed by atoms with E-state index in [4.69, 9.17) is 0 Å². The summed E-state index contributed by atoms with van der Waals surface area (Å²) < 4.78 is 26.5. The van der Waals surface area contributed by atoms with E-state index in [9.17, 15) is 13.5 Å². The smallest absolute Gasteiger partial charge is 0.195 e. The first-order chi connectivity index (χ1) is 10.1. The maximum Gasteiger partial charge on any atom is 0.195 e. The molecule has 0 bridgehead atoms. The van der Waals surface area contributed by atoms with Crippen molar-refractivity contribution in [2.24, 2.45) is 0 Å². The van der Waals surface area contributed by atoms with Crippen LogP contribution in [-0.2, 0) is 16.4 Å². The Kier molecular flexibility index (Phi) is 4.17. The summed E-state index contributed by atoms with van der Waals surface area (Å²) in [4.78, 5) is 7.16. The third-order valence-electron chi connectivity index (χ3n) is 3.66. The molecule has 0 aromatic carbocycles. The van der Waals surface area contributed by atoms with Gasteiger partial charge in [-0.05, 0) is 0 Å². The molecule has 0 saturated carbocycles. The fourth-order valence-corrected chi connectivity index (χ4v) is 6.21. The van der Waals surface area contributed by atoms with Gasteiger partial charge in [0, 0.05) is 35.4 Å². The summed E-state index contributed by atoms with van der Waals surface area (Å²) in [7, 11) is -3.19. The highest BCUT2D eigenvalue weighted by Crippen LogP contribution is 2.31. The number of thiazole rings is 1. The van der Waals surface area contributed by atoms with Crippen LogP contribution in [0.3, 0.4) is 0 Å². The van der Waals surface area contributed by atoms with Crippen LogP contribution in [0.15, 0.2) is 11.6 Å². The van der Waals surface area contributed by atoms with Gasteiger partial charge in [-0.1, -0.05) is 6.92 Å². The van der Waals surface area contributed by atoms with Gasteiger partial charge in [0.2, 0.25) is 0 Å². The van der Waals surface area contributed by atoms with Crippen molar-refractivity contribution in [3.63, 3.8) is 0 Å². The van der Waals surface area contributed by atoms with Crippen molar-refractivity contribution in [1.29, 1.82) is 0 Å². The van der Waals surface area contributed by atoms with Crippen molar-refractivity contribution in [3.8, 4) is 0 Å². The molecule has 1 atom stereocenters. The second kappa shape index (κ2) is 5.79. The predicted octanol–water partition coefficient (Wildman–Crippen LogP) is 1.20. The molecule has 1 aliphatic rings. The highest BCUT2D eigenvalue weighted by molar-refractivity contribution is 8.01. The Morgan fingerprint density at radius 3 is 3.05 bits per heavy atom. The quantitative estimate of drug-likeness (QED) is 0.896. The Hall–Kier alpha value is -0.770. The standard InChI is InChI=1S/C12H17N3O3S3/c1-2-21(17,18)10-8-19-5-3-15(10)11-9(7-16)14-4-6-20-12(14)13-11/h4,6,10,16H,2-3,5,7-8H2,1H3. The molecule has 0 radical (unpaired) electrons. The molecule has 9 heteroatoms. The maximum atomic E-state index is 12.3. The van der Waals surface area contributed by atoms with Crippen LogP contribution in [0.5, 0.6) is 0 Å². The summed E-state index contributed by atoms with van der Waals surface area (Å²) in [5.74, 6) is 2.13. The molecule has 3 heterocycles. The number of aliphatic hydroxyl groups excluding tert-OH is 1. The maximum absolute atomic E-state index is 12.3. The van der Waals surface area contributed by atoms with Crippen LogP contribution >= 0.6 is 23.1 Å². The Labute approximate surface area is 131 Å². The molecule has 1 saturated heterocycles. The average Bonchev–Trinajstić information content (AvgIpc) is 3.07. The number of nitrogens with zero attached hydrogens (tertiary/aromatic N) is 3. The first kappa shape index (κ1) is 15.1. The topological polar surface area (TPSA) is 74.9 Å². The number of anilines is 1. The van der Waals surface area contributed by atoms with Crippen LogP contribution in [0.4, 0.5) is 5.82 Å². The van der Waals surface area contributed by atoms with Crippen molar-refractivity contribution in [2.45, 2.75) is 18.9 Å². The zero-order chi connectivity index (χ0) is 15.0. The molecule has 116 valence electrons. The lowest BCUT2D eigenvalue weighted by Gasteiger charge is -2.35. The van der Waals surface area contributed by atoms with Crippen LogP contribution in [0.2, 0.25) is 0 Å². The van der Waals surface area contributed by atoms with Crippen LogP contribution in [-0.4, -0.2) is 52.1 Å². The molecule has 0 aliphatic carbocycles. The summed E-state index contributed by atoms with van der Waals surface area (Å²) in [6, 6.07) is 0. The number of hydrogen-bond acceptors (Lipinski definition) is 7. The Bertz CT molecular complexity index is 737. The normalized spacial score (nSPS) is 20.3. The lowest BCUT2D eigenvalue weighted by Crippen LogP contribution is -2.48. The van der Waals surface area contributed by atoms with Gasteiger partial charge in [0.15, 0.2) is 20.6 Å². The molecule has 21 heavy (non-hydrogen) atoms. The molecule has 2 aromatic heterocycles. The van der Waals surface area contributed by atoms with Crippen molar-refractivity contribution in [1.82, 2.24) is 9.38 Å². The van der Waals surface area contributed by atoms with Crippen LogP contribution < -0.4 is 4.90 Å². The number of sulfone groups is 1. The van der Waals surface area contributed by atoms with Gasteiger partial charge in [0.05, 0.1) is 12.3 Å². The van der Waals surface area contributed by atoms with E-state index in [1.165, 1.54) is 11.3 Å². The summed E-state index contributed by atoms with van der Waals surface area (Å²) >= 11 is 3.13. The fourth-order valence-electron chi connectivity index (χ4n) is 2.51. The minimum atomic E-state index is -3.19. The van der Waals surface area contributed by atoms with Gasteiger partial charge in [-0.25, -0.2) is 13.4 Å². The SMILES string of the molecule is CCS(=O)(=O)C1CSCCN1c1nc2sccn2c1CO. The van der Waals surface area contributed by atoms with Crippen molar-refractivity contribution in [3.05, 3.63) is 17.3 Å². The molecule has 3 rings (SSSR count). The second-order valence-corrected chi connectivity index (χ2v) is 9.24. The number of rotatable bonds is 4. The monoisotopic (exact) mass is 347 g/mol. The lowest BCUT2D eigenvalue weighted by molar-refractivity contribution is 0.276. The summed E-state index contributed by atoms with van der Waals surface area (Å²) in [6.45, 7) is 2.15. The molecular weight excluding hydrogens is 330 g/mol. The summed E-state index contributed by atoms with van der Waals surface area (Å²) in [5.41, 5.74) is 0.662. The van der Waals surface area contributed by atoms with E-state index in [-0.39, 0.29) is 12.4 Å². The van der Waals surface area contributed by atoms with Gasteiger partial charge < -0.3 is 10.0 Å². The summed E-state index contributed by atoms with van der Waals surface area (Å²) in [6.07, 6.45) is 1.85. The molecule has 0 amide bonds. The zero-order valence-corrected chi connectivity index (χ0v) is 14.0. The highest BCUT2D eigenvalue weighted by Gasteiger charge is 2.35. The molecular formula is C12H17N3O3S3. The van der Waals surface area contributed by atoms with Gasteiger partial charge >= 0.3 is 0 Å². The third kappa shape index (κ3) is 2.56. The lowest BCUT2D eigenvalue weighted by atomic mass is 10.4. The van der Waals surface area contributed by atoms with Crippen LogP contribution in [0.25, 0.3) is 4.96 Å². The molecule has 2 aromatic rings. The van der Waals surface area contributed by atoms with Gasteiger partial charge in [-0.2, -0.15) is 11.8 Å². The Morgan fingerprint density at radius 2 is 2.33 bits per heavy atom. The predicted molar refractivity (Wildman–Crippen MR) is 86.9 cm³/mol. The van der Waals surface area contributed by atoms with E-state index in [0.717, 1.165) is 10.7 Å². The largest absolute Gasteiger partial charge is 0.390 e. The number of hydrogen-bond donors (Lipinski definition) is 1. The van der Waals surface area contributed by atoms with E-state index in [2.05, 4.69) is 4.98 Å². The van der Waals surface area contributed by atoms with Crippen molar-refractivity contribution >= 4 is 43.7 Å². The number of aromatic nitrogens is 2. The van der Waals surface area contributed by atoms with E-state index in [0.29, 0.717) is 23.8 Å². The van der Waals surface area contributed by atoms with Gasteiger partial charge in [-0.15, -0.1) is 11.3 Å². The molecule has 0 spiro atoms. The van der Waals surface area contributed by atoms with E-state index in [1.54, 1.807) is 18.7 Å². The number of fused-ring (bicyclic) bond motifs is 1. The summed E-state index contributed by atoms with van der Waals surface area (Å²) in [5, 5.41) is 11.0. The Balaban J connectivity index is 2.08. The average molecular weight is 347 g/mol. The van der Waals surface area contributed by atoms with Gasteiger partial charge in [0.25, 0.3) is 0 Å². The first-order valence-corrected chi connectivity index (χ1v) is 10.4. The molecule has 6 nitrogen and oxygen atoms in total. The van der Waals surface area contributed by atoms with Crippen LogP contribution in [0.1, 0.15) is 12.6 Å². The Morgan fingerprint density at radius 1 is 1.52 bits per heavy atom. The minimum Gasteiger partial charge on any atom is -0.390 e.